The smallest absolute Gasteiger partial charge is 0.259 e. The predicted molar refractivity (Wildman–Crippen MR) is 127 cm³/mol. The van der Waals surface area contributed by atoms with Gasteiger partial charge in [-0.25, -0.2) is 14.1 Å². The number of pyridine rings is 1. The van der Waals surface area contributed by atoms with Gasteiger partial charge in [0.25, 0.3) is 5.91 Å². The minimum Gasteiger partial charge on any atom is -0.338 e. The van der Waals surface area contributed by atoms with Gasteiger partial charge in [-0.15, -0.1) is 5.10 Å². The second-order valence-electron chi connectivity index (χ2n) is 9.49. The van der Waals surface area contributed by atoms with Crippen molar-refractivity contribution >= 4 is 17.6 Å². The number of carbonyl (C=O) groups excluding carboxylic acids is 2. The molecule has 0 bridgehead atoms. The van der Waals surface area contributed by atoms with Gasteiger partial charge in [0.2, 0.25) is 11.7 Å². The van der Waals surface area contributed by atoms with Gasteiger partial charge in [-0.1, -0.05) is 18.9 Å². The Morgan fingerprint density at radius 2 is 1.94 bits per heavy atom. The highest BCUT2D eigenvalue weighted by Crippen LogP contribution is 2.30. The summed E-state index contributed by atoms with van der Waals surface area (Å²) in [6.45, 7) is 4.89. The standard InChI is InChI=1S/C25H28FN7O2/c1-15(2)33-23(29-30-31-33)21-8-5-9-22(27-21)28-24(34)19-12-18-14-32(11-10-17(18)13-20(19)26)25(35)16-6-3-4-7-16/h5,8-9,12-13,15-16H,3-4,6-7,10-11,14H2,1-2H3,(H,27,28,34). The molecule has 10 heteroatoms. The molecule has 1 saturated carbocycles. The zero-order chi connectivity index (χ0) is 24.5. The lowest BCUT2D eigenvalue weighted by Gasteiger charge is -2.31. The first-order valence-corrected chi connectivity index (χ1v) is 12.1. The van der Waals surface area contributed by atoms with Gasteiger partial charge in [0.15, 0.2) is 0 Å². The van der Waals surface area contributed by atoms with E-state index in [-0.39, 0.29) is 29.2 Å². The Morgan fingerprint density at radius 1 is 1.14 bits per heavy atom. The third-order valence-electron chi connectivity index (χ3n) is 6.76. The van der Waals surface area contributed by atoms with E-state index in [9.17, 15) is 14.0 Å². The summed E-state index contributed by atoms with van der Waals surface area (Å²) in [4.78, 5) is 32.2. The number of halogens is 1. The van der Waals surface area contributed by atoms with Crippen LogP contribution in [0.25, 0.3) is 11.5 Å². The van der Waals surface area contributed by atoms with E-state index in [2.05, 4.69) is 25.8 Å². The summed E-state index contributed by atoms with van der Waals surface area (Å²) in [6, 6.07) is 8.12. The SMILES string of the molecule is CC(C)n1nnnc1-c1cccc(NC(=O)c2cc3c(cc2F)CCN(C(=O)C2CCCC2)C3)n1. The number of hydrogen-bond donors (Lipinski definition) is 1. The molecule has 0 radical (unpaired) electrons. The number of tetrazole rings is 1. The van der Waals surface area contributed by atoms with Crippen molar-refractivity contribution in [3.8, 4) is 11.5 Å². The van der Waals surface area contributed by atoms with Crippen LogP contribution in [0, 0.1) is 11.7 Å². The molecule has 2 aliphatic rings. The van der Waals surface area contributed by atoms with Gasteiger partial charge in [-0.3, -0.25) is 9.59 Å². The van der Waals surface area contributed by atoms with E-state index in [1.54, 1.807) is 28.9 Å². The van der Waals surface area contributed by atoms with Crippen LogP contribution in [0.5, 0.6) is 0 Å². The van der Waals surface area contributed by atoms with E-state index in [1.807, 2.05) is 18.7 Å². The molecule has 2 amide bonds. The Kier molecular flexibility index (Phi) is 6.27. The summed E-state index contributed by atoms with van der Waals surface area (Å²) < 4.78 is 16.5. The second-order valence-corrected chi connectivity index (χ2v) is 9.49. The number of benzene rings is 1. The quantitative estimate of drug-likeness (QED) is 0.600. The molecule has 0 atom stereocenters. The fourth-order valence-corrected chi connectivity index (χ4v) is 4.89. The van der Waals surface area contributed by atoms with Crippen LogP contribution in [0.15, 0.2) is 30.3 Å². The summed E-state index contributed by atoms with van der Waals surface area (Å²) in [5, 5.41) is 14.4. The maximum Gasteiger partial charge on any atom is 0.259 e. The summed E-state index contributed by atoms with van der Waals surface area (Å²) in [5.41, 5.74) is 2.08. The van der Waals surface area contributed by atoms with Gasteiger partial charge < -0.3 is 10.2 Å². The maximum atomic E-state index is 14.9. The molecule has 1 fully saturated rings. The Morgan fingerprint density at radius 3 is 2.71 bits per heavy atom. The molecular formula is C25H28FN7O2. The first kappa shape index (κ1) is 23.1. The Labute approximate surface area is 202 Å². The van der Waals surface area contributed by atoms with Crippen molar-refractivity contribution in [3.05, 3.63) is 52.8 Å². The fourth-order valence-electron chi connectivity index (χ4n) is 4.89. The molecule has 1 aliphatic heterocycles. The number of carbonyl (C=O) groups is 2. The Bertz CT molecular complexity index is 1270. The van der Waals surface area contributed by atoms with Crippen LogP contribution in [0.4, 0.5) is 10.2 Å². The summed E-state index contributed by atoms with van der Waals surface area (Å²) in [7, 11) is 0. The van der Waals surface area contributed by atoms with E-state index in [1.165, 1.54) is 6.07 Å². The van der Waals surface area contributed by atoms with Crippen LogP contribution in [-0.2, 0) is 17.8 Å². The van der Waals surface area contributed by atoms with E-state index >= 15 is 0 Å². The highest BCUT2D eigenvalue weighted by Gasteiger charge is 2.30. The summed E-state index contributed by atoms with van der Waals surface area (Å²) in [6.07, 6.45) is 4.65. The molecule has 35 heavy (non-hydrogen) atoms. The van der Waals surface area contributed by atoms with Gasteiger partial charge >= 0.3 is 0 Å². The topological polar surface area (TPSA) is 106 Å². The van der Waals surface area contributed by atoms with Crippen LogP contribution in [-0.4, -0.2) is 48.5 Å². The van der Waals surface area contributed by atoms with Crippen molar-refractivity contribution in [1.29, 1.82) is 0 Å². The van der Waals surface area contributed by atoms with Crippen LogP contribution in [0.2, 0.25) is 0 Å². The number of nitrogens with zero attached hydrogens (tertiary/aromatic N) is 6. The molecule has 9 nitrogen and oxygen atoms in total. The number of aromatic nitrogens is 5. The number of hydrogen-bond acceptors (Lipinski definition) is 6. The first-order valence-electron chi connectivity index (χ1n) is 12.1. The van der Waals surface area contributed by atoms with Gasteiger partial charge in [0.1, 0.15) is 17.3 Å². The van der Waals surface area contributed by atoms with Crippen LogP contribution in [0.1, 0.15) is 67.1 Å². The van der Waals surface area contributed by atoms with Crippen molar-refractivity contribution in [1.82, 2.24) is 30.1 Å². The molecule has 1 aliphatic carbocycles. The van der Waals surface area contributed by atoms with Crippen molar-refractivity contribution < 1.29 is 14.0 Å². The Hall–Kier alpha value is -3.69. The van der Waals surface area contributed by atoms with Crippen molar-refractivity contribution in [2.75, 3.05) is 11.9 Å². The number of nitrogens with one attached hydrogen (secondary N) is 1. The summed E-state index contributed by atoms with van der Waals surface area (Å²) in [5.74, 6) is -0.179. The number of fused-ring (bicyclic) bond motifs is 1. The van der Waals surface area contributed by atoms with Gasteiger partial charge in [0.05, 0.1) is 11.6 Å². The zero-order valence-corrected chi connectivity index (χ0v) is 19.9. The average molecular weight is 478 g/mol. The molecule has 3 aromatic rings. The maximum absolute atomic E-state index is 14.9. The molecule has 2 aromatic heterocycles. The monoisotopic (exact) mass is 477 g/mol. The fraction of sp³-hybridized carbons (Fsp3) is 0.440. The third kappa shape index (κ3) is 4.65. The molecule has 0 unspecified atom stereocenters. The van der Waals surface area contributed by atoms with Crippen molar-refractivity contribution in [2.24, 2.45) is 5.92 Å². The minimum absolute atomic E-state index is 0.0322. The van der Waals surface area contributed by atoms with Gasteiger partial charge in [-0.2, -0.15) is 0 Å². The van der Waals surface area contributed by atoms with E-state index in [0.717, 1.165) is 36.8 Å². The molecule has 5 rings (SSSR count). The lowest BCUT2D eigenvalue weighted by Crippen LogP contribution is -2.39. The minimum atomic E-state index is -0.599. The zero-order valence-electron chi connectivity index (χ0n) is 19.9. The molecule has 1 N–H and O–H groups in total. The third-order valence-corrected chi connectivity index (χ3v) is 6.76. The predicted octanol–water partition coefficient (Wildman–Crippen LogP) is 3.78. The average Bonchev–Trinajstić information content (AvgIpc) is 3.55. The highest BCUT2D eigenvalue weighted by molar-refractivity contribution is 6.04. The molecular weight excluding hydrogens is 449 g/mol. The second kappa shape index (κ2) is 9.52. The molecule has 3 heterocycles. The highest BCUT2D eigenvalue weighted by atomic mass is 19.1. The molecule has 0 spiro atoms. The van der Waals surface area contributed by atoms with Crippen LogP contribution < -0.4 is 5.32 Å². The lowest BCUT2D eigenvalue weighted by molar-refractivity contribution is -0.136. The molecule has 0 saturated heterocycles. The number of anilines is 1. The summed E-state index contributed by atoms with van der Waals surface area (Å²) >= 11 is 0. The normalized spacial score (nSPS) is 15.9. The number of rotatable bonds is 5. The van der Waals surface area contributed by atoms with Crippen LogP contribution >= 0.6 is 0 Å². The molecule has 1 aromatic carbocycles. The van der Waals surface area contributed by atoms with Crippen molar-refractivity contribution in [2.45, 2.75) is 58.5 Å². The van der Waals surface area contributed by atoms with Gasteiger partial charge in [0, 0.05) is 19.0 Å². The Balaban J connectivity index is 1.35. The first-order chi connectivity index (χ1) is 16.9. The largest absolute Gasteiger partial charge is 0.338 e. The van der Waals surface area contributed by atoms with E-state index in [0.29, 0.717) is 31.0 Å². The number of amides is 2. The van der Waals surface area contributed by atoms with Crippen LogP contribution in [0.3, 0.4) is 0 Å². The lowest BCUT2D eigenvalue weighted by atomic mass is 9.95. The van der Waals surface area contributed by atoms with E-state index in [4.69, 9.17) is 0 Å². The van der Waals surface area contributed by atoms with Gasteiger partial charge in [-0.05, 0) is 78.9 Å². The van der Waals surface area contributed by atoms with Crippen molar-refractivity contribution in [3.63, 3.8) is 0 Å². The van der Waals surface area contributed by atoms with E-state index < -0.39 is 11.7 Å². The molecule has 182 valence electrons.